The maximum atomic E-state index is 10.1. The summed E-state index contributed by atoms with van der Waals surface area (Å²) in [6.45, 7) is 4.33. The Morgan fingerprint density at radius 1 is 1.32 bits per heavy atom. The molecule has 0 heterocycles. The van der Waals surface area contributed by atoms with Crippen molar-refractivity contribution in [2.24, 2.45) is 5.92 Å². The Labute approximate surface area is 132 Å². The summed E-state index contributed by atoms with van der Waals surface area (Å²) in [7, 11) is 1.60. The van der Waals surface area contributed by atoms with Gasteiger partial charge in [-0.3, -0.25) is 0 Å². The van der Waals surface area contributed by atoms with Crippen LogP contribution in [-0.4, -0.2) is 35.1 Å². The van der Waals surface area contributed by atoms with Crippen LogP contribution >= 0.6 is 0 Å². The molecule has 1 rings (SSSR count). The largest absolute Gasteiger partial charge is 0.508 e. The predicted octanol–water partition coefficient (Wildman–Crippen LogP) is 2.95. The van der Waals surface area contributed by atoms with Crippen LogP contribution in [0.3, 0.4) is 0 Å². The van der Waals surface area contributed by atoms with Crippen LogP contribution in [0.15, 0.2) is 41.6 Å². The van der Waals surface area contributed by atoms with E-state index < -0.39 is 12.2 Å². The van der Waals surface area contributed by atoms with Crippen molar-refractivity contribution < 1.29 is 20.1 Å². The zero-order chi connectivity index (χ0) is 16.5. The van der Waals surface area contributed by atoms with E-state index >= 15 is 0 Å². The molecule has 0 unspecified atom stereocenters. The summed E-state index contributed by atoms with van der Waals surface area (Å²) < 4.78 is 5.12. The van der Waals surface area contributed by atoms with E-state index in [0.717, 1.165) is 5.57 Å². The van der Waals surface area contributed by atoms with E-state index in [4.69, 9.17) is 4.74 Å². The molecule has 22 heavy (non-hydrogen) atoms. The Kier molecular flexibility index (Phi) is 7.92. The first-order chi connectivity index (χ1) is 10.4. The van der Waals surface area contributed by atoms with Crippen LogP contribution < -0.4 is 0 Å². The van der Waals surface area contributed by atoms with Crippen molar-refractivity contribution in [2.75, 3.05) is 13.7 Å². The summed E-state index contributed by atoms with van der Waals surface area (Å²) in [5.41, 5.74) is 4.63. The summed E-state index contributed by atoms with van der Waals surface area (Å²) in [5, 5.41) is 29.4. The predicted molar refractivity (Wildman–Crippen MR) is 86.6 cm³/mol. The van der Waals surface area contributed by atoms with E-state index in [-0.39, 0.29) is 11.7 Å². The second kappa shape index (κ2) is 9.44. The third-order valence-corrected chi connectivity index (χ3v) is 3.45. The molecule has 0 bridgehead atoms. The van der Waals surface area contributed by atoms with Crippen molar-refractivity contribution >= 4 is 0 Å². The fraction of sp³-hybridized carbons (Fsp3) is 0.500. The molecule has 0 aliphatic rings. The molecule has 0 aliphatic heterocycles. The number of benzene rings is 1. The summed E-state index contributed by atoms with van der Waals surface area (Å²) in [6.07, 6.45) is 1.51. The summed E-state index contributed by atoms with van der Waals surface area (Å²) in [6, 6.07) is 6.57. The Hall–Kier alpha value is -1.58. The molecule has 4 heteroatoms. The van der Waals surface area contributed by atoms with E-state index in [9.17, 15) is 15.3 Å². The van der Waals surface area contributed by atoms with Crippen LogP contribution in [0.5, 0.6) is 5.75 Å². The topological polar surface area (TPSA) is 69.9 Å². The third-order valence-electron chi connectivity index (χ3n) is 3.45. The van der Waals surface area contributed by atoms with Gasteiger partial charge in [-0.1, -0.05) is 26.0 Å². The van der Waals surface area contributed by atoms with Gasteiger partial charge in [0.25, 0.3) is 0 Å². The molecule has 0 saturated heterocycles. The Bertz CT molecular complexity index is 516. The van der Waals surface area contributed by atoms with Gasteiger partial charge in [-0.2, -0.15) is 0 Å². The van der Waals surface area contributed by atoms with Gasteiger partial charge >= 0.3 is 0 Å². The SMILES string of the molecule is COCC(=C=CC[C@@H](O)c1cccc(O)c1)C[C@@H](O)C(C)C. The van der Waals surface area contributed by atoms with Gasteiger partial charge in [0.05, 0.1) is 18.8 Å². The van der Waals surface area contributed by atoms with E-state index in [1.165, 1.54) is 0 Å². The molecular formula is C18H26O4. The number of methoxy groups -OCH3 is 1. The van der Waals surface area contributed by atoms with Gasteiger partial charge in [0.2, 0.25) is 0 Å². The molecule has 4 nitrogen and oxygen atoms in total. The maximum Gasteiger partial charge on any atom is 0.115 e. The van der Waals surface area contributed by atoms with E-state index in [1.54, 1.807) is 37.5 Å². The number of hydrogen-bond acceptors (Lipinski definition) is 4. The van der Waals surface area contributed by atoms with Crippen LogP contribution in [0.25, 0.3) is 0 Å². The average molecular weight is 306 g/mol. The molecular weight excluding hydrogens is 280 g/mol. The lowest BCUT2D eigenvalue weighted by Crippen LogP contribution is -2.16. The number of rotatable bonds is 8. The fourth-order valence-electron chi connectivity index (χ4n) is 2.00. The molecule has 3 N–H and O–H groups in total. The maximum absolute atomic E-state index is 10.1. The molecule has 0 fully saturated rings. The highest BCUT2D eigenvalue weighted by Crippen LogP contribution is 2.21. The minimum atomic E-state index is -0.696. The number of aliphatic hydroxyl groups excluding tert-OH is 2. The highest BCUT2D eigenvalue weighted by atomic mass is 16.5. The van der Waals surface area contributed by atoms with Gasteiger partial charge in [0.1, 0.15) is 5.75 Å². The molecule has 1 aromatic rings. The van der Waals surface area contributed by atoms with Crippen LogP contribution in [-0.2, 0) is 4.74 Å². The molecule has 0 aliphatic carbocycles. The Morgan fingerprint density at radius 3 is 2.64 bits per heavy atom. The van der Waals surface area contributed by atoms with Gasteiger partial charge in [-0.15, -0.1) is 5.73 Å². The molecule has 0 saturated carbocycles. The first-order valence-electron chi connectivity index (χ1n) is 7.51. The monoisotopic (exact) mass is 306 g/mol. The van der Waals surface area contributed by atoms with Crippen molar-refractivity contribution in [3.63, 3.8) is 0 Å². The van der Waals surface area contributed by atoms with E-state index in [1.807, 2.05) is 13.8 Å². The molecule has 0 amide bonds. The number of aliphatic hydroxyl groups is 2. The fourth-order valence-corrected chi connectivity index (χ4v) is 2.00. The smallest absolute Gasteiger partial charge is 0.115 e. The number of phenolic OH excluding ortho intramolecular Hbond substituents is 1. The quantitative estimate of drug-likeness (QED) is 0.646. The number of aromatic hydroxyl groups is 1. The summed E-state index contributed by atoms with van der Waals surface area (Å²) in [5.74, 6) is 0.308. The first-order valence-corrected chi connectivity index (χ1v) is 7.51. The summed E-state index contributed by atoms with van der Waals surface area (Å²) >= 11 is 0. The van der Waals surface area contributed by atoms with E-state index in [2.05, 4.69) is 5.73 Å². The van der Waals surface area contributed by atoms with Crippen molar-refractivity contribution in [1.82, 2.24) is 0 Å². The molecule has 2 atom stereocenters. The van der Waals surface area contributed by atoms with E-state index in [0.29, 0.717) is 25.0 Å². The van der Waals surface area contributed by atoms with Crippen molar-refractivity contribution in [1.29, 1.82) is 0 Å². The first kappa shape index (κ1) is 18.5. The molecule has 0 aromatic heterocycles. The van der Waals surface area contributed by atoms with Crippen LogP contribution in [0.2, 0.25) is 0 Å². The minimum Gasteiger partial charge on any atom is -0.508 e. The summed E-state index contributed by atoms with van der Waals surface area (Å²) in [4.78, 5) is 0. The standard InChI is InChI=1S/C18H26O4/c1-13(2)18(21)10-14(12-22-3)6-4-9-17(20)15-7-5-8-16(19)11-15/h4-5,7-8,11,13,17-21H,9-10,12H2,1-3H3/t6?,17-,18-/m1/s1. The van der Waals surface area contributed by atoms with Crippen molar-refractivity contribution in [3.8, 4) is 5.75 Å². The molecule has 122 valence electrons. The molecule has 0 spiro atoms. The van der Waals surface area contributed by atoms with Gasteiger partial charge in [0, 0.05) is 20.0 Å². The van der Waals surface area contributed by atoms with Gasteiger partial charge < -0.3 is 20.1 Å². The molecule has 0 radical (unpaired) electrons. The van der Waals surface area contributed by atoms with Crippen LogP contribution in [0.4, 0.5) is 0 Å². The van der Waals surface area contributed by atoms with Crippen LogP contribution in [0, 0.1) is 5.92 Å². The minimum absolute atomic E-state index is 0.135. The van der Waals surface area contributed by atoms with Gasteiger partial charge in [0.15, 0.2) is 0 Å². The van der Waals surface area contributed by atoms with Crippen molar-refractivity contribution in [2.45, 2.75) is 38.9 Å². The Balaban J connectivity index is 2.72. The zero-order valence-electron chi connectivity index (χ0n) is 13.5. The number of hydrogen-bond donors (Lipinski definition) is 3. The lowest BCUT2D eigenvalue weighted by Gasteiger charge is -2.15. The lowest BCUT2D eigenvalue weighted by atomic mass is 9.99. The van der Waals surface area contributed by atoms with Crippen LogP contribution in [0.1, 0.15) is 38.4 Å². The highest BCUT2D eigenvalue weighted by molar-refractivity contribution is 5.28. The second-order valence-corrected chi connectivity index (χ2v) is 5.75. The zero-order valence-corrected chi connectivity index (χ0v) is 13.5. The Morgan fingerprint density at radius 2 is 2.05 bits per heavy atom. The average Bonchev–Trinajstić information content (AvgIpc) is 2.47. The van der Waals surface area contributed by atoms with Gasteiger partial charge in [-0.25, -0.2) is 0 Å². The van der Waals surface area contributed by atoms with Gasteiger partial charge in [-0.05, 0) is 35.3 Å². The highest BCUT2D eigenvalue weighted by Gasteiger charge is 2.11. The van der Waals surface area contributed by atoms with Crippen molar-refractivity contribution in [3.05, 3.63) is 47.2 Å². The lowest BCUT2D eigenvalue weighted by molar-refractivity contribution is 0.119. The number of phenols is 1. The molecule has 1 aromatic carbocycles. The normalized spacial score (nSPS) is 13.5. The number of ether oxygens (including phenoxy) is 1. The second-order valence-electron chi connectivity index (χ2n) is 5.75. The third kappa shape index (κ3) is 6.46.